The summed E-state index contributed by atoms with van der Waals surface area (Å²) in [5.74, 6) is 0.370. The minimum Gasteiger partial charge on any atom is -0.421 e. The molecule has 0 aliphatic rings. The standard InChI is InChI=1S/C12H6IN5O/c13-9-3-7(5-14)4-10(16)11(9)19-12-17-2-1-8(6-15)18-12/h1-4H,16H2. The summed E-state index contributed by atoms with van der Waals surface area (Å²) >= 11 is 2.00. The lowest BCUT2D eigenvalue weighted by Gasteiger charge is -2.09. The Bertz CT molecular complexity index is 694. The van der Waals surface area contributed by atoms with Gasteiger partial charge in [-0.25, -0.2) is 4.98 Å². The summed E-state index contributed by atoms with van der Waals surface area (Å²) in [6.45, 7) is 0. The second-order valence-electron chi connectivity index (χ2n) is 3.43. The van der Waals surface area contributed by atoms with E-state index >= 15 is 0 Å². The van der Waals surface area contributed by atoms with Crippen molar-refractivity contribution in [3.63, 3.8) is 0 Å². The molecule has 0 aliphatic heterocycles. The smallest absolute Gasteiger partial charge is 0.323 e. The summed E-state index contributed by atoms with van der Waals surface area (Å²) in [6, 6.07) is 8.55. The highest BCUT2D eigenvalue weighted by molar-refractivity contribution is 14.1. The summed E-state index contributed by atoms with van der Waals surface area (Å²) in [7, 11) is 0. The number of halogens is 1. The predicted octanol–water partition coefficient (Wildman–Crippen LogP) is 2.20. The van der Waals surface area contributed by atoms with Crippen molar-refractivity contribution in [1.29, 1.82) is 10.5 Å². The maximum absolute atomic E-state index is 8.82. The molecule has 0 unspecified atom stereocenters. The second kappa shape index (κ2) is 5.50. The van der Waals surface area contributed by atoms with Gasteiger partial charge in [-0.05, 0) is 40.8 Å². The Morgan fingerprint density at radius 1 is 1.26 bits per heavy atom. The maximum Gasteiger partial charge on any atom is 0.323 e. The number of hydrogen-bond acceptors (Lipinski definition) is 6. The molecule has 0 aliphatic carbocycles. The molecule has 2 aromatic rings. The molecule has 6 nitrogen and oxygen atoms in total. The van der Waals surface area contributed by atoms with Crippen molar-refractivity contribution in [3.05, 3.63) is 39.2 Å². The molecule has 0 fully saturated rings. The van der Waals surface area contributed by atoms with Gasteiger partial charge in [0.2, 0.25) is 0 Å². The van der Waals surface area contributed by atoms with Crippen molar-refractivity contribution in [1.82, 2.24) is 9.97 Å². The molecule has 7 heteroatoms. The molecule has 0 radical (unpaired) electrons. The Labute approximate surface area is 122 Å². The van der Waals surface area contributed by atoms with Gasteiger partial charge in [-0.3, -0.25) is 0 Å². The summed E-state index contributed by atoms with van der Waals surface area (Å²) < 4.78 is 6.13. The van der Waals surface area contributed by atoms with Crippen LogP contribution < -0.4 is 10.5 Å². The van der Waals surface area contributed by atoms with E-state index in [0.29, 0.717) is 20.6 Å². The van der Waals surface area contributed by atoms with E-state index in [2.05, 4.69) is 9.97 Å². The van der Waals surface area contributed by atoms with Gasteiger partial charge >= 0.3 is 6.01 Å². The molecular formula is C12H6IN5O. The van der Waals surface area contributed by atoms with Crippen molar-refractivity contribution >= 4 is 28.3 Å². The number of benzene rings is 1. The van der Waals surface area contributed by atoms with Gasteiger partial charge in [0.1, 0.15) is 11.8 Å². The average Bonchev–Trinajstić information content (AvgIpc) is 2.42. The number of nitriles is 2. The van der Waals surface area contributed by atoms with Crippen LogP contribution in [-0.4, -0.2) is 9.97 Å². The fraction of sp³-hybridized carbons (Fsp3) is 0. The monoisotopic (exact) mass is 363 g/mol. The molecule has 0 atom stereocenters. The Kier molecular flexibility index (Phi) is 3.78. The van der Waals surface area contributed by atoms with Gasteiger partial charge in [0.05, 0.1) is 20.9 Å². The van der Waals surface area contributed by atoms with Gasteiger partial charge < -0.3 is 10.5 Å². The van der Waals surface area contributed by atoms with Crippen LogP contribution in [-0.2, 0) is 0 Å². The van der Waals surface area contributed by atoms with Gasteiger partial charge in [-0.1, -0.05) is 0 Å². The summed E-state index contributed by atoms with van der Waals surface area (Å²) in [5.41, 5.74) is 6.78. The minimum atomic E-state index is 0.0355. The number of nitrogens with zero attached hydrogens (tertiary/aromatic N) is 4. The Morgan fingerprint density at radius 3 is 2.68 bits per heavy atom. The molecule has 0 spiro atoms. The lowest BCUT2D eigenvalue weighted by atomic mass is 10.2. The van der Waals surface area contributed by atoms with E-state index < -0.39 is 0 Å². The molecule has 1 heterocycles. The minimum absolute atomic E-state index is 0.0355. The summed E-state index contributed by atoms with van der Waals surface area (Å²) in [5, 5.41) is 17.6. The topological polar surface area (TPSA) is 109 Å². The van der Waals surface area contributed by atoms with E-state index in [1.807, 2.05) is 34.7 Å². The van der Waals surface area contributed by atoms with Gasteiger partial charge in [0.25, 0.3) is 0 Å². The van der Waals surface area contributed by atoms with Gasteiger partial charge in [0.15, 0.2) is 5.75 Å². The first kappa shape index (κ1) is 13.1. The zero-order valence-corrected chi connectivity index (χ0v) is 11.6. The zero-order chi connectivity index (χ0) is 13.8. The van der Waals surface area contributed by atoms with Gasteiger partial charge in [-0.15, -0.1) is 0 Å². The molecule has 0 saturated heterocycles. The van der Waals surface area contributed by atoms with E-state index in [4.69, 9.17) is 21.0 Å². The largest absolute Gasteiger partial charge is 0.421 e. The van der Waals surface area contributed by atoms with Crippen LogP contribution in [0.2, 0.25) is 0 Å². The van der Waals surface area contributed by atoms with Crippen LogP contribution in [0.3, 0.4) is 0 Å². The van der Waals surface area contributed by atoms with Crippen LogP contribution in [0, 0.1) is 26.2 Å². The average molecular weight is 363 g/mol. The fourth-order valence-corrected chi connectivity index (χ4v) is 2.09. The lowest BCUT2D eigenvalue weighted by Crippen LogP contribution is -1.99. The highest BCUT2D eigenvalue weighted by Gasteiger charge is 2.11. The van der Waals surface area contributed by atoms with E-state index in [0.717, 1.165) is 0 Å². The SMILES string of the molecule is N#Cc1cc(N)c(Oc2nccc(C#N)n2)c(I)c1. The van der Waals surface area contributed by atoms with Crippen LogP contribution in [0.15, 0.2) is 24.4 Å². The first-order chi connectivity index (χ1) is 9.13. The Hall–Kier alpha value is -2.39. The summed E-state index contributed by atoms with van der Waals surface area (Å²) in [6.07, 6.45) is 1.42. The molecular weight excluding hydrogens is 357 g/mol. The highest BCUT2D eigenvalue weighted by Crippen LogP contribution is 2.32. The van der Waals surface area contributed by atoms with Crippen LogP contribution >= 0.6 is 22.6 Å². The maximum atomic E-state index is 8.82. The Morgan fingerprint density at radius 2 is 2.05 bits per heavy atom. The van der Waals surface area contributed by atoms with E-state index in [9.17, 15) is 0 Å². The van der Waals surface area contributed by atoms with Crippen LogP contribution in [0.5, 0.6) is 11.8 Å². The first-order valence-corrected chi connectivity index (χ1v) is 6.12. The second-order valence-corrected chi connectivity index (χ2v) is 4.59. The Balaban J connectivity index is 2.39. The van der Waals surface area contributed by atoms with Crippen molar-refractivity contribution in [3.8, 4) is 23.9 Å². The van der Waals surface area contributed by atoms with Crippen molar-refractivity contribution in [2.24, 2.45) is 0 Å². The third-order valence-corrected chi connectivity index (χ3v) is 2.94. The van der Waals surface area contributed by atoms with E-state index in [1.54, 1.807) is 6.07 Å². The summed E-state index contributed by atoms with van der Waals surface area (Å²) in [4.78, 5) is 7.79. The van der Waals surface area contributed by atoms with E-state index in [1.165, 1.54) is 18.3 Å². The first-order valence-electron chi connectivity index (χ1n) is 5.04. The third-order valence-electron chi connectivity index (χ3n) is 2.14. The molecule has 2 N–H and O–H groups in total. The number of hydrogen-bond donors (Lipinski definition) is 1. The number of rotatable bonds is 2. The predicted molar refractivity (Wildman–Crippen MR) is 75.1 cm³/mol. The number of anilines is 1. The molecule has 19 heavy (non-hydrogen) atoms. The van der Waals surface area contributed by atoms with Crippen molar-refractivity contribution in [2.75, 3.05) is 5.73 Å². The van der Waals surface area contributed by atoms with Crippen LogP contribution in [0.1, 0.15) is 11.3 Å². The lowest BCUT2D eigenvalue weighted by molar-refractivity contribution is 0.440. The molecule has 2 rings (SSSR count). The zero-order valence-electron chi connectivity index (χ0n) is 9.46. The van der Waals surface area contributed by atoms with Crippen molar-refractivity contribution in [2.45, 2.75) is 0 Å². The molecule has 1 aromatic heterocycles. The highest BCUT2D eigenvalue weighted by atomic mass is 127. The third kappa shape index (κ3) is 2.89. The fourth-order valence-electron chi connectivity index (χ4n) is 1.33. The van der Waals surface area contributed by atoms with Gasteiger partial charge in [0, 0.05) is 6.20 Å². The molecule has 0 amide bonds. The van der Waals surface area contributed by atoms with Crippen LogP contribution in [0.25, 0.3) is 0 Å². The normalized spacial score (nSPS) is 9.42. The number of nitrogen functional groups attached to an aromatic ring is 1. The molecule has 0 bridgehead atoms. The van der Waals surface area contributed by atoms with Gasteiger partial charge in [-0.2, -0.15) is 15.5 Å². The number of ether oxygens (including phenoxy) is 1. The quantitative estimate of drug-likeness (QED) is 0.647. The molecule has 1 aromatic carbocycles. The molecule has 92 valence electrons. The number of nitrogens with two attached hydrogens (primary N) is 1. The molecule has 0 saturated carbocycles. The number of aromatic nitrogens is 2. The van der Waals surface area contributed by atoms with Crippen LogP contribution in [0.4, 0.5) is 5.69 Å². The van der Waals surface area contributed by atoms with E-state index in [-0.39, 0.29) is 11.7 Å². The van der Waals surface area contributed by atoms with Crippen molar-refractivity contribution < 1.29 is 4.74 Å².